The van der Waals surface area contributed by atoms with E-state index in [1.54, 1.807) is 36.4 Å². The summed E-state index contributed by atoms with van der Waals surface area (Å²) < 4.78 is 5.60. The van der Waals surface area contributed by atoms with Gasteiger partial charge in [-0.05, 0) is 31.2 Å². The van der Waals surface area contributed by atoms with Crippen LogP contribution >= 0.6 is 23.2 Å². The number of nitrogen functional groups attached to an aromatic ring is 1. The summed E-state index contributed by atoms with van der Waals surface area (Å²) in [6.07, 6.45) is 0. The summed E-state index contributed by atoms with van der Waals surface area (Å²) >= 11 is 11.9. The van der Waals surface area contributed by atoms with Crippen LogP contribution < -0.4 is 10.5 Å². The van der Waals surface area contributed by atoms with Gasteiger partial charge in [0.25, 0.3) is 0 Å². The van der Waals surface area contributed by atoms with E-state index in [2.05, 4.69) is 0 Å². The number of benzene rings is 2. The monoisotopic (exact) mass is 295 g/mol. The molecule has 0 aliphatic heterocycles. The lowest BCUT2D eigenvalue weighted by atomic mass is 10.1. The largest absolute Gasteiger partial charge is 0.456 e. The Morgan fingerprint density at radius 2 is 1.89 bits per heavy atom. The number of carbonyl (C=O) groups excluding carboxylic acids is 1. The van der Waals surface area contributed by atoms with E-state index in [1.165, 1.54) is 6.92 Å². The van der Waals surface area contributed by atoms with Gasteiger partial charge in [0.1, 0.15) is 11.5 Å². The molecular weight excluding hydrogens is 285 g/mol. The molecule has 0 heterocycles. The molecule has 3 nitrogen and oxygen atoms in total. The highest BCUT2D eigenvalue weighted by Gasteiger charge is 2.08. The first-order valence-corrected chi connectivity index (χ1v) is 6.26. The van der Waals surface area contributed by atoms with Crippen LogP contribution in [0.25, 0.3) is 0 Å². The highest BCUT2D eigenvalue weighted by molar-refractivity contribution is 6.34. The minimum Gasteiger partial charge on any atom is -0.456 e. The maximum absolute atomic E-state index is 11.3. The predicted octanol–water partition coefficient (Wildman–Crippen LogP) is 4.57. The van der Waals surface area contributed by atoms with Crippen LogP contribution in [0.4, 0.5) is 5.69 Å². The van der Waals surface area contributed by atoms with E-state index in [4.69, 9.17) is 33.7 Å². The summed E-state index contributed by atoms with van der Waals surface area (Å²) in [4.78, 5) is 11.3. The van der Waals surface area contributed by atoms with E-state index in [-0.39, 0.29) is 5.78 Å². The third-order valence-corrected chi connectivity index (χ3v) is 3.07. The average molecular weight is 296 g/mol. The van der Waals surface area contributed by atoms with Crippen LogP contribution in [-0.2, 0) is 0 Å². The SMILES string of the molecule is CC(=O)c1ccc(Oc2cc(Cl)ccc2Cl)cc1N. The molecule has 2 N–H and O–H groups in total. The van der Waals surface area contributed by atoms with Crippen molar-refractivity contribution in [3.8, 4) is 11.5 Å². The molecule has 0 fully saturated rings. The molecule has 0 aliphatic rings. The average Bonchev–Trinajstić information content (AvgIpc) is 2.33. The topological polar surface area (TPSA) is 52.3 Å². The first-order valence-electron chi connectivity index (χ1n) is 5.51. The van der Waals surface area contributed by atoms with Gasteiger partial charge >= 0.3 is 0 Å². The van der Waals surface area contributed by atoms with Crippen molar-refractivity contribution in [1.29, 1.82) is 0 Å². The fraction of sp³-hybridized carbons (Fsp3) is 0.0714. The van der Waals surface area contributed by atoms with Crippen LogP contribution in [0.5, 0.6) is 11.5 Å². The summed E-state index contributed by atoms with van der Waals surface area (Å²) in [6, 6.07) is 9.78. The normalized spacial score (nSPS) is 10.3. The quantitative estimate of drug-likeness (QED) is 0.666. The van der Waals surface area contributed by atoms with E-state index in [0.29, 0.717) is 32.8 Å². The summed E-state index contributed by atoms with van der Waals surface area (Å²) in [5.41, 5.74) is 6.61. The molecule has 19 heavy (non-hydrogen) atoms. The van der Waals surface area contributed by atoms with Gasteiger partial charge in [0.15, 0.2) is 5.78 Å². The molecule has 0 unspecified atom stereocenters. The molecule has 5 heteroatoms. The third-order valence-electron chi connectivity index (χ3n) is 2.52. The molecule has 0 saturated carbocycles. The van der Waals surface area contributed by atoms with Gasteiger partial charge in [-0.15, -0.1) is 0 Å². The number of Topliss-reactive ketones (excluding diaryl/α,β-unsaturated/α-hetero) is 1. The molecule has 2 rings (SSSR count). The van der Waals surface area contributed by atoms with E-state index in [1.807, 2.05) is 0 Å². The maximum atomic E-state index is 11.3. The minimum atomic E-state index is -0.0927. The molecule has 2 aromatic rings. The Kier molecular flexibility index (Phi) is 3.98. The minimum absolute atomic E-state index is 0.0927. The lowest BCUT2D eigenvalue weighted by Gasteiger charge is -2.10. The molecule has 0 amide bonds. The molecule has 0 aliphatic carbocycles. The van der Waals surface area contributed by atoms with E-state index >= 15 is 0 Å². The van der Waals surface area contributed by atoms with Crippen molar-refractivity contribution in [2.75, 3.05) is 5.73 Å². The summed E-state index contributed by atoms with van der Waals surface area (Å²) in [5.74, 6) is 0.834. The van der Waals surface area contributed by atoms with Crippen molar-refractivity contribution in [3.63, 3.8) is 0 Å². The predicted molar refractivity (Wildman–Crippen MR) is 77.4 cm³/mol. The molecule has 0 spiro atoms. The molecule has 0 bridgehead atoms. The number of halogens is 2. The first kappa shape index (κ1) is 13.7. The zero-order valence-electron chi connectivity index (χ0n) is 10.1. The number of ether oxygens (including phenoxy) is 1. The van der Waals surface area contributed by atoms with Crippen molar-refractivity contribution in [1.82, 2.24) is 0 Å². The van der Waals surface area contributed by atoms with Crippen LogP contribution in [0.2, 0.25) is 10.0 Å². The number of ketones is 1. The van der Waals surface area contributed by atoms with Crippen LogP contribution in [-0.4, -0.2) is 5.78 Å². The van der Waals surface area contributed by atoms with Gasteiger partial charge in [0, 0.05) is 28.4 Å². The molecule has 0 radical (unpaired) electrons. The number of rotatable bonds is 3. The molecular formula is C14H11Cl2NO2. The zero-order chi connectivity index (χ0) is 14.0. The number of anilines is 1. The van der Waals surface area contributed by atoms with Crippen LogP contribution in [0.15, 0.2) is 36.4 Å². The van der Waals surface area contributed by atoms with Crippen molar-refractivity contribution in [2.24, 2.45) is 0 Å². The Balaban J connectivity index is 2.31. The van der Waals surface area contributed by atoms with Gasteiger partial charge in [-0.3, -0.25) is 4.79 Å². The molecule has 0 saturated heterocycles. The van der Waals surface area contributed by atoms with E-state index < -0.39 is 0 Å². The standard InChI is InChI=1S/C14H11Cl2NO2/c1-8(18)11-4-3-10(7-13(11)17)19-14-6-9(15)2-5-12(14)16/h2-7H,17H2,1H3. The van der Waals surface area contributed by atoms with Gasteiger partial charge in [0.05, 0.1) is 5.02 Å². The number of carbonyl (C=O) groups is 1. The van der Waals surface area contributed by atoms with Crippen molar-refractivity contribution < 1.29 is 9.53 Å². The van der Waals surface area contributed by atoms with Crippen molar-refractivity contribution >= 4 is 34.7 Å². The van der Waals surface area contributed by atoms with Gasteiger partial charge in [0.2, 0.25) is 0 Å². The smallest absolute Gasteiger partial charge is 0.161 e. The number of hydrogen-bond acceptors (Lipinski definition) is 3. The van der Waals surface area contributed by atoms with Crippen molar-refractivity contribution in [2.45, 2.75) is 6.92 Å². The van der Waals surface area contributed by atoms with Crippen molar-refractivity contribution in [3.05, 3.63) is 52.0 Å². The molecule has 0 aromatic heterocycles. The Hall–Kier alpha value is -1.71. The molecule has 0 atom stereocenters. The fourth-order valence-corrected chi connectivity index (χ4v) is 1.93. The highest BCUT2D eigenvalue weighted by Crippen LogP contribution is 2.33. The molecule has 2 aromatic carbocycles. The number of hydrogen-bond donors (Lipinski definition) is 1. The lowest BCUT2D eigenvalue weighted by molar-refractivity contribution is 0.101. The van der Waals surface area contributed by atoms with E-state index in [0.717, 1.165) is 0 Å². The third kappa shape index (κ3) is 3.19. The second-order valence-electron chi connectivity index (χ2n) is 3.98. The summed E-state index contributed by atoms with van der Waals surface area (Å²) in [5, 5.41) is 0.964. The van der Waals surface area contributed by atoms with Crippen LogP contribution in [0.3, 0.4) is 0 Å². The van der Waals surface area contributed by atoms with Crippen LogP contribution in [0, 0.1) is 0 Å². The Bertz CT molecular complexity index is 641. The fourth-order valence-electron chi connectivity index (χ4n) is 1.61. The van der Waals surface area contributed by atoms with E-state index in [9.17, 15) is 4.79 Å². The summed E-state index contributed by atoms with van der Waals surface area (Å²) in [6.45, 7) is 1.46. The maximum Gasteiger partial charge on any atom is 0.161 e. The summed E-state index contributed by atoms with van der Waals surface area (Å²) in [7, 11) is 0. The number of nitrogens with two attached hydrogens (primary N) is 1. The zero-order valence-corrected chi connectivity index (χ0v) is 11.6. The van der Waals surface area contributed by atoms with Gasteiger partial charge in [-0.1, -0.05) is 23.2 Å². The molecule has 98 valence electrons. The highest BCUT2D eigenvalue weighted by atomic mass is 35.5. The lowest BCUT2D eigenvalue weighted by Crippen LogP contribution is -1.99. The van der Waals surface area contributed by atoms with Gasteiger partial charge in [-0.2, -0.15) is 0 Å². The Morgan fingerprint density at radius 3 is 2.53 bits per heavy atom. The van der Waals surface area contributed by atoms with Crippen LogP contribution in [0.1, 0.15) is 17.3 Å². The Labute approximate surface area is 120 Å². The van der Waals surface area contributed by atoms with Gasteiger partial charge in [-0.25, -0.2) is 0 Å². The first-order chi connectivity index (χ1) is 8.97. The van der Waals surface area contributed by atoms with Gasteiger partial charge < -0.3 is 10.5 Å². The second kappa shape index (κ2) is 5.51. The second-order valence-corrected chi connectivity index (χ2v) is 4.83. The Morgan fingerprint density at radius 1 is 1.16 bits per heavy atom.